The number of nitrogens with two attached hydrogens (primary N) is 1. The number of ether oxygens (including phenoxy) is 1. The van der Waals surface area contributed by atoms with Gasteiger partial charge in [-0.2, -0.15) is 0 Å². The van der Waals surface area contributed by atoms with Crippen LogP contribution in [-0.2, 0) is 14.8 Å². The first-order valence-electron chi connectivity index (χ1n) is 5.68. The number of nitrogen functional groups attached to an aromatic ring is 1. The Morgan fingerprint density at radius 3 is 2.89 bits per heavy atom. The predicted octanol–water partition coefficient (Wildman–Crippen LogP) is -0.162. The van der Waals surface area contributed by atoms with Gasteiger partial charge in [-0.1, -0.05) is 6.07 Å². The lowest BCUT2D eigenvalue weighted by atomic mass is 10.1. The molecule has 1 saturated heterocycles. The number of sulfonamides is 1. The molecule has 1 aromatic carbocycles. The number of hydrogen-bond acceptors (Lipinski definition) is 5. The van der Waals surface area contributed by atoms with Gasteiger partial charge in [0.25, 0.3) is 0 Å². The van der Waals surface area contributed by atoms with Gasteiger partial charge in [0.05, 0.1) is 12.3 Å². The molecule has 1 aliphatic heterocycles. The number of anilines is 1. The maximum absolute atomic E-state index is 13.2. The molecule has 0 spiro atoms. The Morgan fingerprint density at radius 2 is 2.26 bits per heavy atom. The van der Waals surface area contributed by atoms with Crippen LogP contribution in [0.2, 0.25) is 0 Å². The first kappa shape index (κ1) is 14.2. The molecule has 8 heteroatoms. The van der Waals surface area contributed by atoms with Gasteiger partial charge in [0.15, 0.2) is 0 Å². The predicted molar refractivity (Wildman–Crippen MR) is 66.4 cm³/mol. The quantitative estimate of drug-likeness (QED) is 0.669. The van der Waals surface area contributed by atoms with Crippen molar-refractivity contribution in [2.75, 3.05) is 25.5 Å². The Balaban J connectivity index is 2.16. The van der Waals surface area contributed by atoms with E-state index in [1.54, 1.807) is 0 Å². The normalized spacial score (nSPS) is 23.7. The van der Waals surface area contributed by atoms with Crippen molar-refractivity contribution in [1.29, 1.82) is 0 Å². The number of para-hydroxylation sites is 1. The van der Waals surface area contributed by atoms with Gasteiger partial charge >= 0.3 is 0 Å². The molecule has 0 amide bonds. The Kier molecular flexibility index (Phi) is 3.77. The lowest BCUT2D eigenvalue weighted by Crippen LogP contribution is -2.43. The number of nitrogens with one attached hydrogen (secondary N) is 1. The highest BCUT2D eigenvalue weighted by atomic mass is 32.2. The number of hydrogen-bond donors (Lipinski definition) is 3. The summed E-state index contributed by atoms with van der Waals surface area (Å²) in [5, 5.41) is 9.97. The Bertz CT molecular complexity index is 570. The highest BCUT2D eigenvalue weighted by Gasteiger charge is 2.34. The monoisotopic (exact) mass is 290 g/mol. The third kappa shape index (κ3) is 3.03. The maximum Gasteiger partial charge on any atom is 0.242 e. The summed E-state index contributed by atoms with van der Waals surface area (Å²) in [6.07, 6.45) is 0.341. The summed E-state index contributed by atoms with van der Waals surface area (Å²) in [6.45, 7) is 0.236. The van der Waals surface area contributed by atoms with Gasteiger partial charge in [-0.15, -0.1) is 0 Å². The molecule has 0 radical (unpaired) electrons. The van der Waals surface area contributed by atoms with Crippen LogP contribution in [0.4, 0.5) is 10.1 Å². The fourth-order valence-corrected chi connectivity index (χ4v) is 3.05. The van der Waals surface area contributed by atoms with Gasteiger partial charge in [-0.25, -0.2) is 17.5 Å². The van der Waals surface area contributed by atoms with E-state index in [0.29, 0.717) is 13.0 Å². The molecule has 1 unspecified atom stereocenters. The third-order valence-electron chi connectivity index (χ3n) is 2.98. The number of halogens is 1. The summed E-state index contributed by atoms with van der Waals surface area (Å²) < 4.78 is 44.5. The van der Waals surface area contributed by atoms with E-state index >= 15 is 0 Å². The number of aliphatic hydroxyl groups is 1. The molecular formula is C11H15FN2O4S. The van der Waals surface area contributed by atoms with E-state index in [1.165, 1.54) is 12.1 Å². The molecule has 1 fully saturated rings. The minimum atomic E-state index is -3.97. The van der Waals surface area contributed by atoms with Crippen LogP contribution in [0.5, 0.6) is 0 Å². The molecule has 1 heterocycles. The molecule has 1 aliphatic rings. The zero-order chi connectivity index (χ0) is 14.1. The lowest BCUT2D eigenvalue weighted by Gasteiger charge is -2.20. The molecule has 19 heavy (non-hydrogen) atoms. The van der Waals surface area contributed by atoms with Gasteiger partial charge < -0.3 is 15.6 Å². The molecule has 1 aromatic rings. The standard InChI is InChI=1S/C11H15FN2O4S/c12-8-2-1-3-9(10(8)13)19(16,17)14-6-11(15)4-5-18-7-11/h1-3,14-15H,4-7,13H2. The Hall–Kier alpha value is -1.22. The summed E-state index contributed by atoms with van der Waals surface area (Å²) in [6, 6.07) is 3.54. The van der Waals surface area contributed by atoms with Gasteiger partial charge in [0, 0.05) is 19.6 Å². The van der Waals surface area contributed by atoms with Crippen molar-refractivity contribution in [2.45, 2.75) is 16.9 Å². The molecule has 106 valence electrons. The number of benzene rings is 1. The van der Waals surface area contributed by atoms with E-state index in [2.05, 4.69) is 4.72 Å². The minimum absolute atomic E-state index is 0.0636. The Morgan fingerprint density at radius 1 is 1.53 bits per heavy atom. The highest BCUT2D eigenvalue weighted by molar-refractivity contribution is 7.89. The molecule has 0 saturated carbocycles. The summed E-state index contributed by atoms with van der Waals surface area (Å²) >= 11 is 0. The van der Waals surface area contributed by atoms with Crippen LogP contribution in [0.1, 0.15) is 6.42 Å². The largest absolute Gasteiger partial charge is 0.395 e. The van der Waals surface area contributed by atoms with Crippen LogP contribution in [0.15, 0.2) is 23.1 Å². The zero-order valence-corrected chi connectivity index (χ0v) is 10.9. The molecule has 4 N–H and O–H groups in total. The molecule has 6 nitrogen and oxygen atoms in total. The second-order valence-corrected chi connectivity index (χ2v) is 6.24. The fourth-order valence-electron chi connectivity index (χ4n) is 1.79. The lowest BCUT2D eigenvalue weighted by molar-refractivity contribution is 0.0314. The van der Waals surface area contributed by atoms with Crippen LogP contribution < -0.4 is 10.5 Å². The summed E-state index contributed by atoms with van der Waals surface area (Å²) in [4.78, 5) is -0.338. The zero-order valence-electron chi connectivity index (χ0n) is 10.1. The van der Waals surface area contributed by atoms with E-state index in [-0.39, 0.29) is 18.0 Å². The second kappa shape index (κ2) is 5.04. The average molecular weight is 290 g/mol. The summed E-state index contributed by atoms with van der Waals surface area (Å²) in [5.74, 6) is -0.800. The van der Waals surface area contributed by atoms with Crippen molar-refractivity contribution in [2.24, 2.45) is 0 Å². The maximum atomic E-state index is 13.2. The first-order chi connectivity index (χ1) is 8.84. The van der Waals surface area contributed by atoms with Crippen molar-refractivity contribution in [3.63, 3.8) is 0 Å². The van der Waals surface area contributed by atoms with Gasteiger partial charge in [0.1, 0.15) is 16.3 Å². The van der Waals surface area contributed by atoms with Crippen molar-refractivity contribution in [3.8, 4) is 0 Å². The summed E-state index contributed by atoms with van der Waals surface area (Å²) in [7, 11) is -3.97. The van der Waals surface area contributed by atoms with Crippen molar-refractivity contribution in [1.82, 2.24) is 4.72 Å². The number of rotatable bonds is 4. The topological polar surface area (TPSA) is 102 Å². The molecule has 0 aromatic heterocycles. The first-order valence-corrected chi connectivity index (χ1v) is 7.16. The van der Waals surface area contributed by atoms with E-state index in [9.17, 15) is 17.9 Å². The van der Waals surface area contributed by atoms with E-state index in [0.717, 1.165) is 6.07 Å². The Labute approximate surface area is 110 Å². The average Bonchev–Trinajstić information content (AvgIpc) is 2.78. The van der Waals surface area contributed by atoms with Gasteiger partial charge in [-0.3, -0.25) is 0 Å². The molecular weight excluding hydrogens is 275 g/mol. The molecule has 0 aliphatic carbocycles. The van der Waals surface area contributed by atoms with Crippen LogP contribution in [-0.4, -0.2) is 38.9 Å². The van der Waals surface area contributed by atoms with Crippen LogP contribution >= 0.6 is 0 Å². The summed E-state index contributed by atoms with van der Waals surface area (Å²) in [5.41, 5.74) is 3.74. The molecule has 0 bridgehead atoms. The van der Waals surface area contributed by atoms with E-state index < -0.39 is 27.1 Å². The van der Waals surface area contributed by atoms with E-state index in [4.69, 9.17) is 10.5 Å². The van der Waals surface area contributed by atoms with Crippen molar-refractivity contribution in [3.05, 3.63) is 24.0 Å². The third-order valence-corrected chi connectivity index (χ3v) is 4.44. The van der Waals surface area contributed by atoms with Gasteiger partial charge in [-0.05, 0) is 12.1 Å². The van der Waals surface area contributed by atoms with Crippen molar-refractivity contribution >= 4 is 15.7 Å². The van der Waals surface area contributed by atoms with E-state index in [1.807, 2.05) is 0 Å². The van der Waals surface area contributed by atoms with Crippen molar-refractivity contribution < 1.29 is 22.7 Å². The fraction of sp³-hybridized carbons (Fsp3) is 0.455. The SMILES string of the molecule is Nc1c(F)cccc1S(=O)(=O)NCC1(O)CCOC1. The molecule has 1 atom stereocenters. The van der Waals surface area contributed by atoms with Crippen LogP contribution in [0.25, 0.3) is 0 Å². The van der Waals surface area contributed by atoms with Crippen LogP contribution in [0.3, 0.4) is 0 Å². The smallest absolute Gasteiger partial charge is 0.242 e. The minimum Gasteiger partial charge on any atom is -0.395 e. The molecule has 2 rings (SSSR count). The second-order valence-electron chi connectivity index (χ2n) is 4.50. The van der Waals surface area contributed by atoms with Gasteiger partial charge in [0.2, 0.25) is 10.0 Å². The highest BCUT2D eigenvalue weighted by Crippen LogP contribution is 2.22. The van der Waals surface area contributed by atoms with Crippen LogP contribution in [0, 0.1) is 5.82 Å².